The van der Waals surface area contributed by atoms with Crippen LogP contribution in [0.4, 0.5) is 0 Å². The second-order valence-electron chi connectivity index (χ2n) is 5.88. The molecule has 1 aromatic carbocycles. The second kappa shape index (κ2) is 9.25. The Morgan fingerprint density at radius 2 is 2.00 bits per heavy atom. The summed E-state index contributed by atoms with van der Waals surface area (Å²) in [4.78, 5) is 13.8. The quantitative estimate of drug-likeness (QED) is 0.829. The maximum Gasteiger partial charge on any atom is 0.237 e. The zero-order valence-electron chi connectivity index (χ0n) is 13.4. The lowest BCUT2D eigenvalue weighted by Gasteiger charge is -2.31. The number of hydrogen-bond donors (Lipinski definition) is 1. The van der Waals surface area contributed by atoms with E-state index in [0.717, 1.165) is 18.5 Å². The molecule has 5 nitrogen and oxygen atoms in total. The van der Waals surface area contributed by atoms with Gasteiger partial charge in [-0.3, -0.25) is 4.79 Å². The minimum absolute atomic E-state index is 0. The van der Waals surface area contributed by atoms with Gasteiger partial charge in [0.1, 0.15) is 5.75 Å². The van der Waals surface area contributed by atoms with E-state index in [9.17, 15) is 13.2 Å². The molecule has 2 rings (SSSR count). The molecule has 0 radical (unpaired) electrons. The predicted molar refractivity (Wildman–Crippen MR) is 94.7 cm³/mol. The molecule has 1 aromatic rings. The largest absolute Gasteiger partial charge is 0.339 e. The molecule has 1 unspecified atom stereocenters. The molecule has 1 heterocycles. The summed E-state index contributed by atoms with van der Waals surface area (Å²) in [5.74, 6) is -0.572. The van der Waals surface area contributed by atoms with Gasteiger partial charge in [0.05, 0.1) is 5.75 Å². The molecule has 130 valence electrons. The molecule has 23 heavy (non-hydrogen) atoms. The Bertz CT molecular complexity index is 593. The van der Waals surface area contributed by atoms with Crippen LogP contribution in [0.2, 0.25) is 0 Å². The number of aryl methyl sites for hydroxylation is 1. The number of sulfone groups is 1. The van der Waals surface area contributed by atoms with Gasteiger partial charge in [-0.1, -0.05) is 30.3 Å². The summed E-state index contributed by atoms with van der Waals surface area (Å²) >= 11 is 0. The molecule has 0 aromatic heterocycles. The zero-order valence-corrected chi connectivity index (χ0v) is 15.0. The molecular weight excluding hydrogens is 336 g/mol. The topological polar surface area (TPSA) is 66.5 Å². The molecule has 0 spiro atoms. The Labute approximate surface area is 144 Å². The van der Waals surface area contributed by atoms with Crippen LogP contribution in [-0.4, -0.2) is 56.4 Å². The van der Waals surface area contributed by atoms with E-state index in [-0.39, 0.29) is 35.9 Å². The van der Waals surface area contributed by atoms with Crippen LogP contribution in [0.5, 0.6) is 0 Å². The summed E-state index contributed by atoms with van der Waals surface area (Å²) in [5, 5.41) is 3.24. The average molecular weight is 361 g/mol. The molecule has 1 atom stereocenters. The van der Waals surface area contributed by atoms with Crippen molar-refractivity contribution < 1.29 is 13.2 Å². The van der Waals surface area contributed by atoms with Gasteiger partial charge in [-0.15, -0.1) is 12.4 Å². The molecule has 1 aliphatic rings. The molecule has 0 aliphatic carbocycles. The van der Waals surface area contributed by atoms with Gasteiger partial charge in [0, 0.05) is 25.7 Å². The second-order valence-corrected chi connectivity index (χ2v) is 8.06. The number of carbonyl (C=O) groups excluding carboxylic acids is 1. The highest BCUT2D eigenvalue weighted by atomic mass is 35.5. The summed E-state index contributed by atoms with van der Waals surface area (Å²) in [6.07, 6.45) is 1.27. The van der Waals surface area contributed by atoms with Crippen LogP contribution < -0.4 is 5.32 Å². The number of hydrogen-bond acceptors (Lipinski definition) is 4. The van der Waals surface area contributed by atoms with Gasteiger partial charge in [0.15, 0.2) is 9.84 Å². The first-order valence-corrected chi connectivity index (χ1v) is 9.54. The Morgan fingerprint density at radius 3 is 2.65 bits per heavy atom. The summed E-state index contributed by atoms with van der Waals surface area (Å²) < 4.78 is 24.2. The number of nitrogens with one attached hydrogen (secondary N) is 1. The smallest absolute Gasteiger partial charge is 0.237 e. The number of benzene rings is 1. The fourth-order valence-electron chi connectivity index (χ4n) is 2.65. The van der Waals surface area contributed by atoms with Crippen molar-refractivity contribution in [2.75, 3.05) is 31.1 Å². The van der Waals surface area contributed by atoms with Crippen LogP contribution in [-0.2, 0) is 21.1 Å². The van der Waals surface area contributed by atoms with Crippen LogP contribution in [0, 0.1) is 0 Å². The number of carbonyl (C=O) groups is 1. The molecule has 1 aliphatic heterocycles. The molecule has 7 heteroatoms. The third-order valence-corrected chi connectivity index (χ3v) is 5.43. The van der Waals surface area contributed by atoms with E-state index in [4.69, 9.17) is 0 Å². The van der Waals surface area contributed by atoms with E-state index < -0.39 is 9.84 Å². The van der Waals surface area contributed by atoms with E-state index >= 15 is 0 Å². The predicted octanol–water partition coefficient (Wildman–Crippen LogP) is 1.28. The number of rotatable bonds is 6. The van der Waals surface area contributed by atoms with Crippen molar-refractivity contribution in [2.45, 2.75) is 25.8 Å². The van der Waals surface area contributed by atoms with Crippen molar-refractivity contribution in [2.24, 2.45) is 0 Å². The van der Waals surface area contributed by atoms with E-state index in [1.165, 1.54) is 0 Å². The minimum atomic E-state index is -3.33. The maximum atomic E-state index is 12.1. The van der Waals surface area contributed by atoms with Gasteiger partial charge in [0.25, 0.3) is 0 Å². The highest BCUT2D eigenvalue weighted by Gasteiger charge is 2.24. The number of amides is 1. The highest BCUT2D eigenvalue weighted by molar-refractivity contribution is 7.92. The van der Waals surface area contributed by atoms with Crippen molar-refractivity contribution in [1.82, 2.24) is 10.2 Å². The Hall–Kier alpha value is -1.11. The fraction of sp³-hybridized carbons (Fsp3) is 0.562. The van der Waals surface area contributed by atoms with Gasteiger partial charge in [-0.25, -0.2) is 8.42 Å². The number of piperazine rings is 1. The van der Waals surface area contributed by atoms with Crippen LogP contribution >= 0.6 is 12.4 Å². The van der Waals surface area contributed by atoms with Crippen LogP contribution in [0.3, 0.4) is 0 Å². The first-order valence-electron chi connectivity index (χ1n) is 7.72. The van der Waals surface area contributed by atoms with Crippen molar-refractivity contribution in [3.05, 3.63) is 35.9 Å². The summed E-state index contributed by atoms with van der Waals surface area (Å²) in [5.41, 5.74) is 1.12. The molecule has 1 fully saturated rings. The summed E-state index contributed by atoms with van der Waals surface area (Å²) in [7, 11) is -3.33. The SMILES string of the molecule is CC1CN(C(=O)CS(=O)(=O)CCCc2ccccc2)CCN1.Cl. The van der Waals surface area contributed by atoms with E-state index in [1.54, 1.807) is 4.90 Å². The average Bonchev–Trinajstić information content (AvgIpc) is 2.47. The van der Waals surface area contributed by atoms with E-state index in [0.29, 0.717) is 19.5 Å². The molecule has 0 bridgehead atoms. The van der Waals surface area contributed by atoms with Crippen LogP contribution in [0.15, 0.2) is 30.3 Å². The standard InChI is InChI=1S/C16H24N2O3S.ClH/c1-14-12-18(10-9-17-14)16(19)13-22(20,21)11-5-8-15-6-3-2-4-7-15;/h2-4,6-7,14,17H,5,8-13H2,1H3;1H. The van der Waals surface area contributed by atoms with Crippen molar-refractivity contribution in [3.8, 4) is 0 Å². The molecule has 1 amide bonds. The zero-order chi connectivity index (χ0) is 16.0. The molecular formula is C16H25ClN2O3S. The minimum Gasteiger partial charge on any atom is -0.339 e. The third kappa shape index (κ3) is 6.89. The van der Waals surface area contributed by atoms with E-state index in [1.807, 2.05) is 37.3 Å². The first kappa shape index (κ1) is 19.9. The van der Waals surface area contributed by atoms with Gasteiger partial charge in [0.2, 0.25) is 5.91 Å². The summed E-state index contributed by atoms with van der Waals surface area (Å²) in [6.45, 7) is 3.88. The lowest BCUT2D eigenvalue weighted by Crippen LogP contribution is -2.52. The van der Waals surface area contributed by atoms with Gasteiger partial charge < -0.3 is 10.2 Å². The normalized spacial score (nSPS) is 18.3. The van der Waals surface area contributed by atoms with Crippen molar-refractivity contribution in [1.29, 1.82) is 0 Å². The monoisotopic (exact) mass is 360 g/mol. The van der Waals surface area contributed by atoms with Crippen molar-refractivity contribution in [3.63, 3.8) is 0 Å². The molecule has 1 N–H and O–H groups in total. The fourth-order valence-corrected chi connectivity index (χ4v) is 3.94. The molecule has 0 saturated carbocycles. The molecule has 1 saturated heterocycles. The maximum absolute atomic E-state index is 12.1. The third-order valence-electron chi connectivity index (χ3n) is 3.83. The van der Waals surface area contributed by atoms with Gasteiger partial charge >= 0.3 is 0 Å². The van der Waals surface area contributed by atoms with Crippen LogP contribution in [0.1, 0.15) is 18.9 Å². The van der Waals surface area contributed by atoms with Crippen LogP contribution in [0.25, 0.3) is 0 Å². The Kier molecular flexibility index (Phi) is 8.02. The Morgan fingerprint density at radius 1 is 1.30 bits per heavy atom. The number of halogens is 1. The number of nitrogens with zero attached hydrogens (tertiary/aromatic N) is 1. The van der Waals surface area contributed by atoms with Gasteiger partial charge in [-0.05, 0) is 25.3 Å². The van der Waals surface area contributed by atoms with E-state index in [2.05, 4.69) is 5.32 Å². The Balaban J connectivity index is 0.00000264. The highest BCUT2D eigenvalue weighted by Crippen LogP contribution is 2.06. The summed E-state index contributed by atoms with van der Waals surface area (Å²) in [6, 6.07) is 10.0. The van der Waals surface area contributed by atoms with Crippen molar-refractivity contribution >= 4 is 28.2 Å². The lowest BCUT2D eigenvalue weighted by atomic mass is 10.1. The van der Waals surface area contributed by atoms with Gasteiger partial charge in [-0.2, -0.15) is 0 Å². The first-order chi connectivity index (χ1) is 10.5. The lowest BCUT2D eigenvalue weighted by molar-refractivity contribution is -0.129.